The van der Waals surface area contributed by atoms with E-state index >= 15 is 0 Å². The molecule has 3 aliphatic carbocycles. The van der Waals surface area contributed by atoms with E-state index in [9.17, 15) is 0 Å². The Balaban J connectivity index is 1.43. The molecule has 0 bridgehead atoms. The van der Waals surface area contributed by atoms with Gasteiger partial charge in [0.05, 0.1) is 0 Å². The molecule has 3 fully saturated rings. The smallest absolute Gasteiger partial charge is 0.00200 e. The van der Waals surface area contributed by atoms with Gasteiger partial charge in [0.25, 0.3) is 0 Å². The van der Waals surface area contributed by atoms with Crippen molar-refractivity contribution in [3.05, 3.63) is 0 Å². The molecule has 0 amide bonds. The van der Waals surface area contributed by atoms with E-state index < -0.39 is 0 Å². The molecular formula is C15H28N2. The van der Waals surface area contributed by atoms with Crippen molar-refractivity contribution in [2.24, 2.45) is 28.9 Å². The van der Waals surface area contributed by atoms with Crippen LogP contribution in [0.3, 0.4) is 0 Å². The van der Waals surface area contributed by atoms with Gasteiger partial charge in [-0.2, -0.15) is 0 Å². The van der Waals surface area contributed by atoms with Gasteiger partial charge in [0.2, 0.25) is 0 Å². The summed E-state index contributed by atoms with van der Waals surface area (Å²) in [5.41, 5.74) is 6.45. The summed E-state index contributed by atoms with van der Waals surface area (Å²) in [6.07, 6.45) is 11.5. The Morgan fingerprint density at radius 1 is 1.06 bits per heavy atom. The highest BCUT2D eigenvalue weighted by Crippen LogP contribution is 2.49. The number of hydrogen-bond donors (Lipinski definition) is 2. The first-order chi connectivity index (χ1) is 8.33. The fourth-order valence-corrected chi connectivity index (χ4v) is 3.85. The predicted molar refractivity (Wildman–Crippen MR) is 71.8 cm³/mol. The third-order valence-electron chi connectivity index (χ3n) is 5.43. The Labute approximate surface area is 106 Å². The lowest BCUT2D eigenvalue weighted by atomic mass is 9.86. The summed E-state index contributed by atoms with van der Waals surface area (Å²) < 4.78 is 0. The van der Waals surface area contributed by atoms with Crippen molar-refractivity contribution in [3.63, 3.8) is 0 Å². The van der Waals surface area contributed by atoms with Gasteiger partial charge in [0.15, 0.2) is 0 Å². The Hall–Kier alpha value is -0.0800. The first-order valence-corrected chi connectivity index (χ1v) is 7.74. The largest absolute Gasteiger partial charge is 0.330 e. The quantitative estimate of drug-likeness (QED) is 0.713. The highest BCUT2D eigenvalue weighted by molar-refractivity contribution is 4.94. The normalized spacial score (nSPS) is 27.9. The minimum atomic E-state index is 0.456. The van der Waals surface area contributed by atoms with Gasteiger partial charge in [-0.1, -0.05) is 12.8 Å². The molecule has 3 saturated carbocycles. The molecule has 0 radical (unpaired) electrons. The molecule has 0 aliphatic heterocycles. The van der Waals surface area contributed by atoms with Crippen LogP contribution in [0.5, 0.6) is 0 Å². The van der Waals surface area contributed by atoms with Crippen LogP contribution in [0, 0.1) is 23.2 Å². The van der Waals surface area contributed by atoms with Crippen molar-refractivity contribution in [1.29, 1.82) is 0 Å². The van der Waals surface area contributed by atoms with Crippen molar-refractivity contribution >= 4 is 0 Å². The first-order valence-electron chi connectivity index (χ1n) is 7.74. The minimum Gasteiger partial charge on any atom is -0.330 e. The average molecular weight is 236 g/mol. The molecule has 3 rings (SSSR count). The molecule has 3 N–H and O–H groups in total. The van der Waals surface area contributed by atoms with Gasteiger partial charge in [0.1, 0.15) is 0 Å². The summed E-state index contributed by atoms with van der Waals surface area (Å²) in [6, 6.07) is 0. The highest BCUT2D eigenvalue weighted by atomic mass is 14.9. The lowest BCUT2D eigenvalue weighted by molar-refractivity contribution is 0.271. The molecular weight excluding hydrogens is 208 g/mol. The van der Waals surface area contributed by atoms with Crippen LogP contribution in [0.2, 0.25) is 0 Å². The first kappa shape index (κ1) is 12.0. The van der Waals surface area contributed by atoms with Crippen LogP contribution in [-0.2, 0) is 0 Å². The van der Waals surface area contributed by atoms with E-state index in [-0.39, 0.29) is 0 Å². The van der Waals surface area contributed by atoms with Gasteiger partial charge in [-0.15, -0.1) is 0 Å². The van der Waals surface area contributed by atoms with Crippen LogP contribution in [0.25, 0.3) is 0 Å². The van der Waals surface area contributed by atoms with Crippen LogP contribution in [0.4, 0.5) is 0 Å². The monoisotopic (exact) mass is 236 g/mol. The Kier molecular flexibility index (Phi) is 3.45. The van der Waals surface area contributed by atoms with Crippen LogP contribution in [-0.4, -0.2) is 19.6 Å². The summed E-state index contributed by atoms with van der Waals surface area (Å²) in [5.74, 6) is 3.16. The molecule has 2 heteroatoms. The molecule has 0 aromatic heterocycles. The van der Waals surface area contributed by atoms with E-state index in [1.165, 1.54) is 64.5 Å². The van der Waals surface area contributed by atoms with Gasteiger partial charge in [-0.3, -0.25) is 0 Å². The topological polar surface area (TPSA) is 38.0 Å². The van der Waals surface area contributed by atoms with Crippen LogP contribution >= 0.6 is 0 Å². The maximum Gasteiger partial charge on any atom is 0.00200 e. The second-order valence-electron chi connectivity index (χ2n) is 6.88. The third kappa shape index (κ3) is 2.85. The van der Waals surface area contributed by atoms with Crippen LogP contribution in [0.15, 0.2) is 0 Å². The Morgan fingerprint density at radius 2 is 1.65 bits per heavy atom. The zero-order valence-corrected chi connectivity index (χ0v) is 11.1. The van der Waals surface area contributed by atoms with Gasteiger partial charge in [0, 0.05) is 6.54 Å². The van der Waals surface area contributed by atoms with E-state index in [0.29, 0.717) is 5.41 Å². The van der Waals surface area contributed by atoms with Gasteiger partial charge >= 0.3 is 0 Å². The molecule has 0 atom stereocenters. The molecule has 98 valence electrons. The summed E-state index contributed by atoms with van der Waals surface area (Å²) in [5, 5.41) is 3.78. The van der Waals surface area contributed by atoms with E-state index in [1.54, 1.807) is 0 Å². The molecule has 2 nitrogen and oxygen atoms in total. The molecule has 0 heterocycles. The fraction of sp³-hybridized carbons (Fsp3) is 1.00. The summed E-state index contributed by atoms with van der Waals surface area (Å²) in [4.78, 5) is 0. The summed E-state index contributed by atoms with van der Waals surface area (Å²) in [7, 11) is 0. The van der Waals surface area contributed by atoms with Crippen molar-refractivity contribution in [2.45, 2.75) is 51.4 Å². The molecule has 0 spiro atoms. The molecule has 0 aromatic carbocycles. The lowest BCUT2D eigenvalue weighted by Gasteiger charge is -2.29. The van der Waals surface area contributed by atoms with Gasteiger partial charge in [-0.05, 0) is 74.8 Å². The number of hydrogen-bond acceptors (Lipinski definition) is 2. The standard InChI is InChI=1S/C15H28N2/c16-10-15(7-1-2-8-15)11-17-9-14(12-3-4-12)13-5-6-13/h12-14,17H,1-11,16H2. The summed E-state index contributed by atoms with van der Waals surface area (Å²) in [6.45, 7) is 3.34. The number of nitrogens with one attached hydrogen (secondary N) is 1. The SMILES string of the molecule is NCC1(CNCC(C2CC2)C2CC2)CCCC1. The maximum atomic E-state index is 5.99. The highest BCUT2D eigenvalue weighted by Gasteiger charge is 2.41. The van der Waals surface area contributed by atoms with E-state index in [2.05, 4.69) is 5.32 Å². The molecule has 3 aliphatic rings. The zero-order valence-electron chi connectivity index (χ0n) is 11.1. The van der Waals surface area contributed by atoms with Crippen molar-refractivity contribution in [2.75, 3.05) is 19.6 Å². The van der Waals surface area contributed by atoms with Crippen molar-refractivity contribution < 1.29 is 0 Å². The van der Waals surface area contributed by atoms with Crippen molar-refractivity contribution in [1.82, 2.24) is 5.32 Å². The second-order valence-corrected chi connectivity index (χ2v) is 6.88. The van der Waals surface area contributed by atoms with Gasteiger partial charge in [-0.25, -0.2) is 0 Å². The molecule has 0 unspecified atom stereocenters. The Bertz CT molecular complexity index is 238. The fourth-order valence-electron chi connectivity index (χ4n) is 3.85. The van der Waals surface area contributed by atoms with E-state index in [1.807, 2.05) is 0 Å². The van der Waals surface area contributed by atoms with Crippen LogP contribution < -0.4 is 11.1 Å². The molecule has 0 saturated heterocycles. The maximum absolute atomic E-state index is 5.99. The second kappa shape index (κ2) is 4.89. The van der Waals surface area contributed by atoms with E-state index in [4.69, 9.17) is 5.73 Å². The number of nitrogens with two attached hydrogens (primary N) is 1. The summed E-state index contributed by atoms with van der Waals surface area (Å²) >= 11 is 0. The Morgan fingerprint density at radius 3 is 2.12 bits per heavy atom. The van der Waals surface area contributed by atoms with E-state index in [0.717, 1.165) is 24.3 Å². The minimum absolute atomic E-state index is 0.456. The molecule has 0 aromatic rings. The van der Waals surface area contributed by atoms with Gasteiger partial charge < -0.3 is 11.1 Å². The molecule has 17 heavy (non-hydrogen) atoms. The zero-order chi connectivity index (χ0) is 11.7. The third-order valence-corrected chi connectivity index (χ3v) is 5.43. The van der Waals surface area contributed by atoms with Crippen molar-refractivity contribution in [3.8, 4) is 0 Å². The van der Waals surface area contributed by atoms with Crippen LogP contribution in [0.1, 0.15) is 51.4 Å². The lowest BCUT2D eigenvalue weighted by Crippen LogP contribution is -2.40. The predicted octanol–water partition coefficient (Wildman–Crippen LogP) is 2.53. The number of rotatable bonds is 7. The average Bonchev–Trinajstić information content (AvgIpc) is 3.26.